The molecule has 3 aromatic rings. The second-order valence-electron chi connectivity index (χ2n) is 6.68. The number of hydrogen-bond acceptors (Lipinski definition) is 7. The number of piperazine rings is 1. The number of para-hydroxylation sites is 1. The number of thiazole rings is 1. The van der Waals surface area contributed by atoms with Crippen LogP contribution < -0.4 is 9.64 Å². The summed E-state index contributed by atoms with van der Waals surface area (Å²) in [7, 11) is 0. The fourth-order valence-electron chi connectivity index (χ4n) is 3.27. The Morgan fingerprint density at radius 2 is 2.00 bits per heavy atom. The van der Waals surface area contributed by atoms with E-state index in [9.17, 15) is 4.79 Å². The molecule has 1 fully saturated rings. The molecule has 1 aromatic carbocycles. The van der Waals surface area contributed by atoms with Crippen LogP contribution in [0.25, 0.3) is 0 Å². The second kappa shape index (κ2) is 8.02. The van der Waals surface area contributed by atoms with Crippen molar-refractivity contribution in [2.24, 2.45) is 0 Å². The average molecular weight is 398 g/mol. The van der Waals surface area contributed by atoms with Crippen LogP contribution in [0.3, 0.4) is 0 Å². The van der Waals surface area contributed by atoms with Crippen LogP contribution in [0.5, 0.6) is 5.75 Å². The molecule has 0 bridgehead atoms. The molecule has 0 N–H and O–H groups in total. The molecule has 1 saturated heterocycles. The molecule has 3 heterocycles. The first kappa shape index (κ1) is 18.5. The minimum absolute atomic E-state index is 0.00634. The van der Waals surface area contributed by atoms with Gasteiger partial charge < -0.3 is 19.1 Å². The molecule has 0 radical (unpaired) electrons. The Morgan fingerprint density at radius 3 is 2.68 bits per heavy atom. The first-order chi connectivity index (χ1) is 13.6. The molecule has 28 heavy (non-hydrogen) atoms. The summed E-state index contributed by atoms with van der Waals surface area (Å²) in [6.45, 7) is 6.95. The third-order valence-corrected chi connectivity index (χ3v) is 5.76. The van der Waals surface area contributed by atoms with E-state index in [1.54, 1.807) is 11.3 Å². The molecule has 1 aliphatic rings. The SMILES string of the molecule is Cc1noc(C)c1COc1ccccc1C(=O)N1CCN(c2nccs2)CC1. The van der Waals surface area contributed by atoms with E-state index >= 15 is 0 Å². The summed E-state index contributed by atoms with van der Waals surface area (Å²) in [5.41, 5.74) is 2.30. The Bertz CT molecular complexity index is 927. The van der Waals surface area contributed by atoms with Gasteiger partial charge in [0.2, 0.25) is 0 Å². The highest BCUT2D eigenvalue weighted by molar-refractivity contribution is 7.13. The summed E-state index contributed by atoms with van der Waals surface area (Å²) < 4.78 is 11.2. The Labute approximate surface area is 167 Å². The summed E-state index contributed by atoms with van der Waals surface area (Å²) in [6.07, 6.45) is 1.81. The molecule has 0 spiro atoms. The normalized spacial score (nSPS) is 14.4. The van der Waals surface area contributed by atoms with Gasteiger partial charge in [-0.15, -0.1) is 11.3 Å². The van der Waals surface area contributed by atoms with Crippen molar-refractivity contribution in [1.29, 1.82) is 0 Å². The minimum Gasteiger partial charge on any atom is -0.488 e. The molecule has 2 aromatic heterocycles. The summed E-state index contributed by atoms with van der Waals surface area (Å²) in [6, 6.07) is 7.39. The molecule has 0 atom stereocenters. The fourth-order valence-corrected chi connectivity index (χ4v) is 3.97. The van der Waals surface area contributed by atoms with Gasteiger partial charge in [-0.2, -0.15) is 0 Å². The van der Waals surface area contributed by atoms with Crippen molar-refractivity contribution in [3.05, 3.63) is 58.4 Å². The number of carbonyl (C=O) groups excluding carboxylic acids is 1. The van der Waals surface area contributed by atoms with E-state index in [2.05, 4.69) is 15.0 Å². The van der Waals surface area contributed by atoms with Crippen molar-refractivity contribution in [3.63, 3.8) is 0 Å². The summed E-state index contributed by atoms with van der Waals surface area (Å²) in [4.78, 5) is 21.5. The van der Waals surface area contributed by atoms with Gasteiger partial charge in [-0.3, -0.25) is 4.79 Å². The topological polar surface area (TPSA) is 71.7 Å². The van der Waals surface area contributed by atoms with Gasteiger partial charge in [0.1, 0.15) is 18.1 Å². The summed E-state index contributed by atoms with van der Waals surface area (Å²) in [5, 5.41) is 6.93. The molecular formula is C20H22N4O3S. The zero-order valence-electron chi connectivity index (χ0n) is 15.9. The number of ether oxygens (including phenoxy) is 1. The van der Waals surface area contributed by atoms with Crippen LogP contribution in [-0.4, -0.2) is 47.1 Å². The highest BCUT2D eigenvalue weighted by atomic mass is 32.1. The van der Waals surface area contributed by atoms with E-state index in [-0.39, 0.29) is 5.91 Å². The smallest absolute Gasteiger partial charge is 0.257 e. The number of aromatic nitrogens is 2. The molecule has 0 aliphatic carbocycles. The van der Waals surface area contributed by atoms with Crippen molar-refractivity contribution >= 4 is 22.4 Å². The van der Waals surface area contributed by atoms with Crippen molar-refractivity contribution in [2.75, 3.05) is 31.1 Å². The third kappa shape index (κ3) is 3.73. The number of amides is 1. The largest absolute Gasteiger partial charge is 0.488 e. The van der Waals surface area contributed by atoms with E-state index < -0.39 is 0 Å². The Kier molecular flexibility index (Phi) is 5.29. The predicted octanol–water partition coefficient (Wildman–Crippen LogP) is 3.29. The molecule has 0 unspecified atom stereocenters. The fraction of sp³-hybridized carbons (Fsp3) is 0.350. The predicted molar refractivity (Wildman–Crippen MR) is 107 cm³/mol. The number of benzene rings is 1. The molecule has 1 aliphatic heterocycles. The highest BCUT2D eigenvalue weighted by Gasteiger charge is 2.25. The quantitative estimate of drug-likeness (QED) is 0.657. The van der Waals surface area contributed by atoms with Crippen molar-refractivity contribution in [1.82, 2.24) is 15.0 Å². The van der Waals surface area contributed by atoms with Gasteiger partial charge in [0.05, 0.1) is 16.8 Å². The molecule has 8 heteroatoms. The lowest BCUT2D eigenvalue weighted by Gasteiger charge is -2.34. The minimum atomic E-state index is -0.00634. The van der Waals surface area contributed by atoms with E-state index in [4.69, 9.17) is 9.26 Å². The molecule has 0 saturated carbocycles. The first-order valence-corrected chi connectivity index (χ1v) is 10.1. The van der Waals surface area contributed by atoms with Gasteiger partial charge in [0, 0.05) is 37.8 Å². The Morgan fingerprint density at radius 1 is 1.21 bits per heavy atom. The summed E-state index contributed by atoms with van der Waals surface area (Å²) in [5.74, 6) is 1.31. The standard InChI is InChI=1S/C20H22N4O3S/c1-14-17(15(2)27-22-14)13-26-18-6-4-3-5-16(18)19(25)23-8-10-24(11-9-23)20-21-7-12-28-20/h3-7,12H,8-11,13H2,1-2H3. The molecule has 4 rings (SSSR count). The van der Waals surface area contributed by atoms with Crippen LogP contribution in [0.4, 0.5) is 5.13 Å². The van der Waals surface area contributed by atoms with Gasteiger partial charge in [0.25, 0.3) is 5.91 Å². The Hall–Kier alpha value is -2.87. The van der Waals surface area contributed by atoms with Crippen molar-refractivity contribution in [3.8, 4) is 5.75 Å². The zero-order valence-corrected chi connectivity index (χ0v) is 16.7. The molecular weight excluding hydrogens is 376 g/mol. The maximum Gasteiger partial charge on any atom is 0.257 e. The van der Waals surface area contributed by atoms with Gasteiger partial charge >= 0.3 is 0 Å². The first-order valence-electron chi connectivity index (χ1n) is 9.21. The monoisotopic (exact) mass is 398 g/mol. The zero-order chi connectivity index (χ0) is 19.5. The van der Waals surface area contributed by atoms with Crippen LogP contribution in [0.15, 0.2) is 40.4 Å². The van der Waals surface area contributed by atoms with E-state index in [0.717, 1.165) is 35.2 Å². The molecule has 7 nitrogen and oxygen atoms in total. The number of rotatable bonds is 5. The Balaban J connectivity index is 1.43. The van der Waals surface area contributed by atoms with Crippen molar-refractivity contribution in [2.45, 2.75) is 20.5 Å². The number of anilines is 1. The van der Waals surface area contributed by atoms with Crippen LogP contribution in [0.1, 0.15) is 27.4 Å². The lowest BCUT2D eigenvalue weighted by Crippen LogP contribution is -2.48. The highest BCUT2D eigenvalue weighted by Crippen LogP contribution is 2.24. The van der Waals surface area contributed by atoms with Crippen LogP contribution in [0.2, 0.25) is 0 Å². The average Bonchev–Trinajstić information content (AvgIpc) is 3.37. The molecule has 146 valence electrons. The van der Waals surface area contributed by atoms with Gasteiger partial charge in [-0.1, -0.05) is 17.3 Å². The maximum atomic E-state index is 13.1. The molecule has 1 amide bonds. The van der Waals surface area contributed by atoms with E-state index in [0.29, 0.717) is 31.0 Å². The van der Waals surface area contributed by atoms with Crippen LogP contribution in [-0.2, 0) is 6.61 Å². The number of aryl methyl sites for hydroxylation is 2. The van der Waals surface area contributed by atoms with Gasteiger partial charge in [-0.05, 0) is 26.0 Å². The number of nitrogens with zero attached hydrogens (tertiary/aromatic N) is 4. The van der Waals surface area contributed by atoms with Crippen molar-refractivity contribution < 1.29 is 14.1 Å². The van der Waals surface area contributed by atoms with Gasteiger partial charge in [0.15, 0.2) is 5.13 Å². The van der Waals surface area contributed by atoms with Crippen LogP contribution >= 0.6 is 11.3 Å². The van der Waals surface area contributed by atoms with Gasteiger partial charge in [-0.25, -0.2) is 4.98 Å². The lowest BCUT2D eigenvalue weighted by molar-refractivity contribution is 0.0742. The second-order valence-corrected chi connectivity index (χ2v) is 7.55. The maximum absolute atomic E-state index is 13.1. The number of carbonyl (C=O) groups is 1. The third-order valence-electron chi connectivity index (χ3n) is 4.93. The summed E-state index contributed by atoms with van der Waals surface area (Å²) >= 11 is 1.62. The lowest BCUT2D eigenvalue weighted by atomic mass is 10.1. The number of hydrogen-bond donors (Lipinski definition) is 0. The van der Waals surface area contributed by atoms with E-state index in [1.807, 2.05) is 54.6 Å². The van der Waals surface area contributed by atoms with Crippen LogP contribution in [0, 0.1) is 13.8 Å². The van der Waals surface area contributed by atoms with E-state index in [1.165, 1.54) is 0 Å².